The summed E-state index contributed by atoms with van der Waals surface area (Å²) in [5, 5.41) is 3.75. The highest BCUT2D eigenvalue weighted by Gasteiger charge is 2.18. The van der Waals surface area contributed by atoms with E-state index in [2.05, 4.69) is 10.1 Å². The maximum atomic E-state index is 11.9. The second-order valence-electron chi connectivity index (χ2n) is 5.02. The van der Waals surface area contributed by atoms with Gasteiger partial charge in [0, 0.05) is 6.21 Å². The van der Waals surface area contributed by atoms with Crippen molar-refractivity contribution in [1.82, 2.24) is 5.16 Å². The van der Waals surface area contributed by atoms with Crippen LogP contribution in [0.2, 0.25) is 0 Å². The van der Waals surface area contributed by atoms with Crippen LogP contribution < -0.4 is 0 Å². The van der Waals surface area contributed by atoms with Crippen LogP contribution in [-0.2, 0) is 4.74 Å². The fraction of sp³-hybridized carbons (Fsp3) is 0.105. The molecule has 0 radical (unpaired) electrons. The molecular weight excluding hydrogens is 304 g/mol. The average Bonchev–Trinajstić information content (AvgIpc) is 3.11. The maximum absolute atomic E-state index is 11.9. The molecule has 3 rings (SSSR count). The van der Waals surface area contributed by atoms with Crippen LogP contribution in [-0.4, -0.2) is 23.9 Å². The lowest BCUT2D eigenvalue weighted by Crippen LogP contribution is -2.06. The zero-order chi connectivity index (χ0) is 16.8. The maximum Gasteiger partial charge on any atom is 0.361 e. The first-order chi connectivity index (χ1) is 11.8. The van der Waals surface area contributed by atoms with Gasteiger partial charge in [-0.3, -0.25) is 4.99 Å². The molecular formula is C19H16N2O3. The number of nitrogens with zero attached hydrogens (tertiary/aromatic N) is 2. The van der Waals surface area contributed by atoms with Crippen molar-refractivity contribution in [3.8, 4) is 11.1 Å². The topological polar surface area (TPSA) is 64.7 Å². The lowest BCUT2D eigenvalue weighted by molar-refractivity contribution is 0.0515. The summed E-state index contributed by atoms with van der Waals surface area (Å²) >= 11 is 0. The Hall–Kier alpha value is -3.21. The van der Waals surface area contributed by atoms with E-state index in [1.165, 1.54) is 6.26 Å². The molecule has 2 aromatic carbocycles. The molecule has 120 valence electrons. The lowest BCUT2D eigenvalue weighted by atomic mass is 10.1. The third kappa shape index (κ3) is 3.57. The van der Waals surface area contributed by atoms with Gasteiger partial charge >= 0.3 is 5.97 Å². The van der Waals surface area contributed by atoms with Gasteiger partial charge in [-0.1, -0.05) is 47.6 Å². The van der Waals surface area contributed by atoms with Crippen molar-refractivity contribution in [3.05, 3.63) is 72.1 Å². The van der Waals surface area contributed by atoms with Crippen molar-refractivity contribution < 1.29 is 14.1 Å². The van der Waals surface area contributed by atoms with Crippen LogP contribution in [0.3, 0.4) is 0 Å². The Morgan fingerprint density at radius 3 is 2.83 bits per heavy atom. The number of aliphatic imine (C=N–C) groups is 1. The molecule has 0 atom stereocenters. The molecule has 1 aromatic heterocycles. The summed E-state index contributed by atoms with van der Waals surface area (Å²) in [6.45, 7) is 2.03. The molecule has 24 heavy (non-hydrogen) atoms. The molecule has 0 bridgehead atoms. The molecule has 0 N–H and O–H groups in total. The summed E-state index contributed by atoms with van der Waals surface area (Å²) in [5.74, 6) is -0.501. The second-order valence-corrected chi connectivity index (χ2v) is 5.02. The molecule has 3 aromatic rings. The molecule has 0 unspecified atom stereocenters. The number of esters is 1. The Morgan fingerprint density at radius 2 is 2.04 bits per heavy atom. The minimum absolute atomic E-state index is 0.168. The number of carbonyl (C=O) groups excluding carboxylic acids is 1. The first-order valence-electron chi connectivity index (χ1n) is 7.59. The second kappa shape index (κ2) is 7.37. The van der Waals surface area contributed by atoms with E-state index in [0.29, 0.717) is 5.56 Å². The van der Waals surface area contributed by atoms with Crippen LogP contribution in [0.4, 0.5) is 5.69 Å². The minimum atomic E-state index is -0.501. The highest BCUT2D eigenvalue weighted by molar-refractivity contribution is 5.95. The van der Waals surface area contributed by atoms with Gasteiger partial charge in [-0.25, -0.2) is 4.79 Å². The molecule has 0 saturated heterocycles. The molecule has 5 nitrogen and oxygen atoms in total. The van der Waals surface area contributed by atoms with E-state index in [0.717, 1.165) is 16.8 Å². The molecule has 5 heteroatoms. The molecule has 0 saturated carbocycles. The highest BCUT2D eigenvalue weighted by atomic mass is 16.5. The Morgan fingerprint density at radius 1 is 1.21 bits per heavy atom. The average molecular weight is 320 g/mol. The van der Waals surface area contributed by atoms with E-state index in [1.54, 1.807) is 13.1 Å². The number of carbonyl (C=O) groups is 1. The third-order valence-electron chi connectivity index (χ3n) is 3.36. The Balaban J connectivity index is 1.88. The van der Waals surface area contributed by atoms with E-state index in [1.807, 2.05) is 54.6 Å². The summed E-state index contributed by atoms with van der Waals surface area (Å²) in [6.07, 6.45) is 3.23. The Bertz CT molecular complexity index is 854. The summed E-state index contributed by atoms with van der Waals surface area (Å²) in [6, 6.07) is 17.3. The number of hydrogen-bond donors (Lipinski definition) is 0. The van der Waals surface area contributed by atoms with Crippen LogP contribution in [0.25, 0.3) is 11.1 Å². The van der Waals surface area contributed by atoms with E-state index >= 15 is 0 Å². The van der Waals surface area contributed by atoms with Gasteiger partial charge in [0.25, 0.3) is 0 Å². The predicted octanol–water partition coefficient (Wildman–Crippen LogP) is 4.27. The SMILES string of the molecule is CCOC(=O)c1nocc1-c1cccc(N=Cc2ccccc2)c1. The van der Waals surface area contributed by atoms with Crippen LogP contribution in [0.15, 0.2) is 70.4 Å². The fourth-order valence-electron chi connectivity index (χ4n) is 2.23. The van der Waals surface area contributed by atoms with E-state index < -0.39 is 5.97 Å². The summed E-state index contributed by atoms with van der Waals surface area (Å²) in [5.41, 5.74) is 3.33. The fourth-order valence-corrected chi connectivity index (χ4v) is 2.23. The lowest BCUT2D eigenvalue weighted by Gasteiger charge is -2.02. The van der Waals surface area contributed by atoms with Gasteiger partial charge < -0.3 is 9.26 Å². The van der Waals surface area contributed by atoms with E-state index in [-0.39, 0.29) is 12.3 Å². The van der Waals surface area contributed by atoms with Crippen molar-refractivity contribution in [3.63, 3.8) is 0 Å². The summed E-state index contributed by atoms with van der Waals surface area (Å²) < 4.78 is 9.94. The van der Waals surface area contributed by atoms with Crippen molar-refractivity contribution in [2.45, 2.75) is 6.92 Å². The molecule has 1 heterocycles. The molecule has 0 fully saturated rings. The third-order valence-corrected chi connectivity index (χ3v) is 3.36. The molecule has 0 aliphatic rings. The van der Waals surface area contributed by atoms with Crippen molar-refractivity contribution in [1.29, 1.82) is 0 Å². The quantitative estimate of drug-likeness (QED) is 0.520. The summed E-state index contributed by atoms with van der Waals surface area (Å²) in [4.78, 5) is 16.4. The molecule has 0 amide bonds. The smallest absolute Gasteiger partial charge is 0.361 e. The number of aromatic nitrogens is 1. The Kier molecular flexibility index (Phi) is 4.81. The highest BCUT2D eigenvalue weighted by Crippen LogP contribution is 2.27. The number of hydrogen-bond acceptors (Lipinski definition) is 5. The van der Waals surface area contributed by atoms with Crippen LogP contribution in [0.5, 0.6) is 0 Å². The van der Waals surface area contributed by atoms with E-state index in [9.17, 15) is 4.79 Å². The predicted molar refractivity (Wildman–Crippen MR) is 91.6 cm³/mol. The van der Waals surface area contributed by atoms with Gasteiger partial charge in [0.2, 0.25) is 0 Å². The monoisotopic (exact) mass is 320 g/mol. The molecule has 0 aliphatic heterocycles. The van der Waals surface area contributed by atoms with Gasteiger partial charge in [-0.05, 0) is 30.2 Å². The summed E-state index contributed by atoms with van der Waals surface area (Å²) in [7, 11) is 0. The Labute approximate surface area is 139 Å². The standard InChI is InChI=1S/C19H16N2O3/c1-2-23-19(22)18-17(13-24-21-18)15-9-6-10-16(11-15)20-12-14-7-4-3-5-8-14/h3-13H,2H2,1H3. The van der Waals surface area contributed by atoms with Crippen molar-refractivity contribution >= 4 is 17.9 Å². The van der Waals surface area contributed by atoms with Crippen LogP contribution >= 0.6 is 0 Å². The van der Waals surface area contributed by atoms with Gasteiger partial charge in [0.1, 0.15) is 6.26 Å². The van der Waals surface area contributed by atoms with E-state index in [4.69, 9.17) is 9.26 Å². The zero-order valence-corrected chi connectivity index (χ0v) is 13.2. The first-order valence-corrected chi connectivity index (χ1v) is 7.59. The zero-order valence-electron chi connectivity index (χ0n) is 13.2. The largest absolute Gasteiger partial charge is 0.461 e. The number of ether oxygens (including phenoxy) is 1. The molecule has 0 spiro atoms. The van der Waals surface area contributed by atoms with Gasteiger partial charge in [0.15, 0.2) is 5.69 Å². The number of rotatable bonds is 5. The normalized spacial score (nSPS) is 10.9. The van der Waals surface area contributed by atoms with Gasteiger partial charge in [-0.2, -0.15) is 0 Å². The van der Waals surface area contributed by atoms with Crippen molar-refractivity contribution in [2.24, 2.45) is 4.99 Å². The molecule has 0 aliphatic carbocycles. The number of benzene rings is 2. The van der Waals surface area contributed by atoms with Crippen molar-refractivity contribution in [2.75, 3.05) is 6.61 Å². The minimum Gasteiger partial charge on any atom is -0.461 e. The van der Waals surface area contributed by atoms with Gasteiger partial charge in [-0.15, -0.1) is 0 Å². The van der Waals surface area contributed by atoms with Gasteiger partial charge in [0.05, 0.1) is 17.9 Å². The van der Waals surface area contributed by atoms with Crippen LogP contribution in [0.1, 0.15) is 23.0 Å². The van der Waals surface area contributed by atoms with Crippen LogP contribution in [0, 0.1) is 0 Å². The first kappa shape index (κ1) is 15.7.